The number of aliphatic carboxylic acids is 1. The van der Waals surface area contributed by atoms with Crippen molar-refractivity contribution in [2.75, 3.05) is 0 Å². The number of carbonyl (C=O) groups is 1. The summed E-state index contributed by atoms with van der Waals surface area (Å²) in [6, 6.07) is 9.89. The Morgan fingerprint density at radius 3 is 2.33 bits per heavy atom. The number of carboxylic acids is 1. The normalized spacial score (nSPS) is 11.7. The van der Waals surface area contributed by atoms with E-state index in [9.17, 15) is 4.79 Å². The molecule has 1 aromatic rings. The Labute approximate surface area is 88.9 Å². The second kappa shape index (κ2) is 6.38. The van der Waals surface area contributed by atoms with E-state index in [2.05, 4.69) is 0 Å². The predicted molar refractivity (Wildman–Crippen MR) is 61.4 cm³/mol. The first-order chi connectivity index (χ1) is 7.29. The summed E-state index contributed by atoms with van der Waals surface area (Å²) in [6.07, 6.45) is 9.84. The van der Waals surface area contributed by atoms with Gasteiger partial charge in [0, 0.05) is 6.08 Å². The number of rotatable bonds is 4. The van der Waals surface area contributed by atoms with Gasteiger partial charge in [-0.25, -0.2) is 4.79 Å². The third kappa shape index (κ3) is 5.26. The van der Waals surface area contributed by atoms with E-state index in [0.29, 0.717) is 0 Å². The average Bonchev–Trinajstić information content (AvgIpc) is 2.24. The van der Waals surface area contributed by atoms with E-state index < -0.39 is 5.97 Å². The summed E-state index contributed by atoms with van der Waals surface area (Å²) in [5.41, 5.74) is 1.12. The molecule has 0 spiro atoms. The summed E-state index contributed by atoms with van der Waals surface area (Å²) in [4.78, 5) is 10.1. The third-order valence-electron chi connectivity index (χ3n) is 1.66. The molecule has 0 atom stereocenters. The van der Waals surface area contributed by atoms with Crippen molar-refractivity contribution in [3.63, 3.8) is 0 Å². The quantitative estimate of drug-likeness (QED) is 0.599. The number of carboxylic acid groups (broad SMARTS) is 1. The molecule has 15 heavy (non-hydrogen) atoms. The van der Waals surface area contributed by atoms with Gasteiger partial charge in [0.15, 0.2) is 0 Å². The predicted octanol–water partition coefficient (Wildman–Crippen LogP) is 2.90. The van der Waals surface area contributed by atoms with Crippen LogP contribution in [0, 0.1) is 0 Å². The highest BCUT2D eigenvalue weighted by molar-refractivity contribution is 5.80. The van der Waals surface area contributed by atoms with Crippen LogP contribution in [0.15, 0.2) is 60.7 Å². The van der Waals surface area contributed by atoms with Gasteiger partial charge in [0.1, 0.15) is 0 Å². The van der Waals surface area contributed by atoms with Crippen LogP contribution in [0.25, 0.3) is 6.08 Å². The first-order valence-electron chi connectivity index (χ1n) is 4.58. The fourth-order valence-electron chi connectivity index (χ4n) is 0.997. The lowest BCUT2D eigenvalue weighted by molar-refractivity contribution is -0.131. The molecule has 0 amide bonds. The van der Waals surface area contributed by atoms with Gasteiger partial charge in [0.05, 0.1) is 0 Å². The van der Waals surface area contributed by atoms with Gasteiger partial charge < -0.3 is 5.11 Å². The maximum absolute atomic E-state index is 10.1. The third-order valence-corrected chi connectivity index (χ3v) is 1.66. The van der Waals surface area contributed by atoms with E-state index in [1.807, 2.05) is 42.5 Å². The summed E-state index contributed by atoms with van der Waals surface area (Å²) in [5.74, 6) is -0.938. The van der Waals surface area contributed by atoms with Crippen molar-refractivity contribution in [2.24, 2.45) is 0 Å². The molecule has 1 aromatic carbocycles. The molecule has 0 saturated carbocycles. The van der Waals surface area contributed by atoms with Crippen molar-refractivity contribution in [2.45, 2.75) is 0 Å². The molecule has 2 nitrogen and oxygen atoms in total. The van der Waals surface area contributed by atoms with Gasteiger partial charge in [-0.2, -0.15) is 0 Å². The molecule has 0 heterocycles. The van der Waals surface area contributed by atoms with Crippen molar-refractivity contribution >= 4 is 12.0 Å². The Morgan fingerprint density at radius 1 is 1.00 bits per heavy atom. The second-order valence-corrected chi connectivity index (χ2v) is 2.85. The van der Waals surface area contributed by atoms with Crippen LogP contribution in [0.3, 0.4) is 0 Å². The standard InChI is InChI=1S/C13H12O2/c14-13(15)11-7-2-1-4-8-12-9-5-3-6-10-12/h1-11H,(H,14,15)/b2-1+,8-4?,11-7+. The molecule has 0 bridgehead atoms. The molecule has 0 radical (unpaired) electrons. The van der Waals surface area contributed by atoms with E-state index in [4.69, 9.17) is 5.11 Å². The molecule has 0 aliphatic rings. The van der Waals surface area contributed by atoms with Crippen LogP contribution in [-0.2, 0) is 4.79 Å². The number of benzene rings is 1. The number of hydrogen-bond acceptors (Lipinski definition) is 1. The minimum atomic E-state index is -0.938. The zero-order valence-corrected chi connectivity index (χ0v) is 8.21. The molecule has 0 aliphatic carbocycles. The van der Waals surface area contributed by atoms with Gasteiger partial charge in [-0.05, 0) is 5.56 Å². The van der Waals surface area contributed by atoms with Crippen LogP contribution < -0.4 is 0 Å². The summed E-state index contributed by atoms with van der Waals surface area (Å²) in [5, 5.41) is 8.31. The topological polar surface area (TPSA) is 37.3 Å². The van der Waals surface area contributed by atoms with Gasteiger partial charge in [0.2, 0.25) is 0 Å². The average molecular weight is 200 g/mol. The lowest BCUT2D eigenvalue weighted by atomic mass is 10.2. The molecule has 0 fully saturated rings. The van der Waals surface area contributed by atoms with Crippen LogP contribution in [0.2, 0.25) is 0 Å². The minimum Gasteiger partial charge on any atom is -0.478 e. The van der Waals surface area contributed by atoms with E-state index in [1.54, 1.807) is 12.2 Å². The molecule has 0 aliphatic heterocycles. The van der Waals surface area contributed by atoms with Crippen molar-refractivity contribution < 1.29 is 9.90 Å². The molecular weight excluding hydrogens is 188 g/mol. The smallest absolute Gasteiger partial charge is 0.328 e. The summed E-state index contributed by atoms with van der Waals surface area (Å²) in [7, 11) is 0. The Balaban J connectivity index is 2.44. The molecule has 1 N–H and O–H groups in total. The molecule has 0 aromatic heterocycles. The van der Waals surface area contributed by atoms with Gasteiger partial charge >= 0.3 is 5.97 Å². The summed E-state index contributed by atoms with van der Waals surface area (Å²) < 4.78 is 0. The fourth-order valence-corrected chi connectivity index (χ4v) is 0.997. The maximum atomic E-state index is 10.1. The highest BCUT2D eigenvalue weighted by atomic mass is 16.4. The maximum Gasteiger partial charge on any atom is 0.328 e. The van der Waals surface area contributed by atoms with E-state index in [0.717, 1.165) is 11.6 Å². The molecule has 2 heteroatoms. The Bertz CT molecular complexity index is 386. The van der Waals surface area contributed by atoms with Crippen LogP contribution in [0.5, 0.6) is 0 Å². The van der Waals surface area contributed by atoms with E-state index in [1.165, 1.54) is 6.08 Å². The number of allylic oxidation sites excluding steroid dienone is 4. The largest absolute Gasteiger partial charge is 0.478 e. The Hall–Kier alpha value is -2.09. The second-order valence-electron chi connectivity index (χ2n) is 2.85. The van der Waals surface area contributed by atoms with Gasteiger partial charge in [0.25, 0.3) is 0 Å². The Kier molecular flexibility index (Phi) is 4.67. The minimum absolute atomic E-state index is 0.938. The first-order valence-corrected chi connectivity index (χ1v) is 4.58. The van der Waals surface area contributed by atoms with Crippen molar-refractivity contribution in [1.82, 2.24) is 0 Å². The van der Waals surface area contributed by atoms with Crippen LogP contribution in [0.4, 0.5) is 0 Å². The van der Waals surface area contributed by atoms with E-state index in [-0.39, 0.29) is 0 Å². The lowest BCUT2D eigenvalue weighted by Gasteiger charge is -1.87. The SMILES string of the molecule is O=C(O)/C=C/C=C/C=Cc1ccccc1. The monoisotopic (exact) mass is 200 g/mol. The molecule has 1 rings (SSSR count). The first kappa shape index (κ1) is 11.0. The van der Waals surface area contributed by atoms with E-state index >= 15 is 0 Å². The molecule has 0 saturated heterocycles. The highest BCUT2D eigenvalue weighted by Crippen LogP contribution is 2.00. The zero-order chi connectivity index (χ0) is 10.9. The van der Waals surface area contributed by atoms with Crippen molar-refractivity contribution in [3.05, 3.63) is 66.3 Å². The lowest BCUT2D eigenvalue weighted by Crippen LogP contribution is -1.84. The zero-order valence-electron chi connectivity index (χ0n) is 8.21. The van der Waals surface area contributed by atoms with Crippen molar-refractivity contribution in [1.29, 1.82) is 0 Å². The molecule has 76 valence electrons. The van der Waals surface area contributed by atoms with Crippen LogP contribution in [0.1, 0.15) is 5.56 Å². The van der Waals surface area contributed by atoms with Gasteiger partial charge in [-0.15, -0.1) is 0 Å². The van der Waals surface area contributed by atoms with Crippen LogP contribution in [-0.4, -0.2) is 11.1 Å². The molecule has 0 unspecified atom stereocenters. The van der Waals surface area contributed by atoms with Crippen LogP contribution >= 0.6 is 0 Å². The highest BCUT2D eigenvalue weighted by Gasteiger charge is 1.80. The Morgan fingerprint density at radius 2 is 1.67 bits per heavy atom. The number of hydrogen-bond donors (Lipinski definition) is 1. The van der Waals surface area contributed by atoms with Gasteiger partial charge in [-0.1, -0.05) is 60.7 Å². The summed E-state index contributed by atoms with van der Waals surface area (Å²) >= 11 is 0. The van der Waals surface area contributed by atoms with Gasteiger partial charge in [-0.3, -0.25) is 0 Å². The van der Waals surface area contributed by atoms with Crippen molar-refractivity contribution in [3.8, 4) is 0 Å². The fraction of sp³-hybridized carbons (Fsp3) is 0. The summed E-state index contributed by atoms with van der Waals surface area (Å²) in [6.45, 7) is 0. The molecular formula is C13H12O2.